The Hall–Kier alpha value is -3.26. The molecule has 4 rings (SSSR count). The molecule has 0 aliphatic heterocycles. The highest BCUT2D eigenvalue weighted by Crippen LogP contribution is 2.18. The average molecular weight is 365 g/mol. The molecule has 8 heteroatoms. The van der Waals surface area contributed by atoms with Gasteiger partial charge in [-0.1, -0.05) is 18.2 Å². The first-order valence-corrected chi connectivity index (χ1v) is 8.80. The van der Waals surface area contributed by atoms with Gasteiger partial charge in [0.15, 0.2) is 0 Å². The van der Waals surface area contributed by atoms with E-state index >= 15 is 0 Å². The zero-order chi connectivity index (χ0) is 17.9. The summed E-state index contributed by atoms with van der Waals surface area (Å²) in [5.74, 6) is -0.639. The minimum Gasteiger partial charge on any atom is -0.361 e. The molecule has 130 valence electrons. The van der Waals surface area contributed by atoms with Gasteiger partial charge in [-0.2, -0.15) is 8.75 Å². The van der Waals surface area contributed by atoms with Crippen molar-refractivity contribution in [2.45, 2.75) is 12.8 Å². The predicted molar refractivity (Wildman–Crippen MR) is 99.6 cm³/mol. The van der Waals surface area contributed by atoms with Crippen molar-refractivity contribution in [1.82, 2.24) is 24.6 Å². The molecule has 0 aliphatic carbocycles. The molecule has 3 N–H and O–H groups in total. The van der Waals surface area contributed by atoms with Gasteiger partial charge in [0.2, 0.25) is 5.91 Å². The number of fused-ring (bicyclic) bond motifs is 2. The maximum atomic E-state index is 12.1. The molecule has 0 bridgehead atoms. The Balaban J connectivity index is 1.32. The molecule has 0 spiro atoms. The molecule has 0 fully saturated rings. The smallest absolute Gasteiger partial charge is 0.269 e. The molecular formula is C18H15N5O2S. The number of benzene rings is 2. The summed E-state index contributed by atoms with van der Waals surface area (Å²) in [6, 6.07) is 13.0. The number of aromatic amines is 1. The first kappa shape index (κ1) is 16.2. The fraction of sp³-hybridized carbons (Fsp3) is 0.111. The second-order valence-electron chi connectivity index (χ2n) is 5.83. The van der Waals surface area contributed by atoms with Crippen LogP contribution in [0, 0.1) is 0 Å². The summed E-state index contributed by atoms with van der Waals surface area (Å²) in [4.78, 5) is 27.4. The highest BCUT2D eigenvalue weighted by molar-refractivity contribution is 7.00. The fourth-order valence-electron chi connectivity index (χ4n) is 2.77. The number of hydrogen-bond donors (Lipinski definition) is 3. The number of nitrogens with zero attached hydrogens (tertiary/aromatic N) is 2. The van der Waals surface area contributed by atoms with E-state index in [9.17, 15) is 9.59 Å². The van der Waals surface area contributed by atoms with Gasteiger partial charge in [-0.15, -0.1) is 0 Å². The highest BCUT2D eigenvalue weighted by Gasteiger charge is 2.10. The number of H-pyrrole nitrogens is 1. The number of hydrazine groups is 1. The number of amides is 2. The van der Waals surface area contributed by atoms with Gasteiger partial charge in [-0.3, -0.25) is 20.4 Å². The normalized spacial score (nSPS) is 10.9. The van der Waals surface area contributed by atoms with Gasteiger partial charge in [0.25, 0.3) is 5.91 Å². The van der Waals surface area contributed by atoms with Gasteiger partial charge in [-0.05, 0) is 36.2 Å². The maximum absolute atomic E-state index is 12.1. The van der Waals surface area contributed by atoms with Crippen LogP contribution in [0.5, 0.6) is 0 Å². The van der Waals surface area contributed by atoms with Crippen molar-refractivity contribution in [3.8, 4) is 0 Å². The number of carbonyl (C=O) groups excluding carboxylic acids is 2. The Morgan fingerprint density at radius 2 is 1.88 bits per heavy atom. The largest absolute Gasteiger partial charge is 0.361 e. The van der Waals surface area contributed by atoms with Gasteiger partial charge in [0.05, 0.1) is 11.7 Å². The summed E-state index contributed by atoms with van der Waals surface area (Å²) in [5.41, 5.74) is 8.82. The molecule has 2 aromatic carbocycles. The molecule has 26 heavy (non-hydrogen) atoms. The van der Waals surface area contributed by atoms with Crippen LogP contribution in [0.25, 0.3) is 21.9 Å². The van der Waals surface area contributed by atoms with Crippen LogP contribution in [0.15, 0.2) is 48.7 Å². The number of hydrogen-bond acceptors (Lipinski definition) is 5. The van der Waals surface area contributed by atoms with E-state index in [0.29, 0.717) is 17.5 Å². The van der Waals surface area contributed by atoms with Gasteiger partial charge >= 0.3 is 0 Å². The van der Waals surface area contributed by atoms with Crippen LogP contribution in [0.2, 0.25) is 0 Å². The van der Waals surface area contributed by atoms with Crippen LogP contribution in [0.1, 0.15) is 22.3 Å². The predicted octanol–water partition coefficient (Wildman–Crippen LogP) is 2.57. The molecule has 0 unspecified atom stereocenters. The summed E-state index contributed by atoms with van der Waals surface area (Å²) in [7, 11) is 0. The number of nitrogens with one attached hydrogen (secondary N) is 3. The molecule has 2 aromatic heterocycles. The van der Waals surface area contributed by atoms with E-state index in [4.69, 9.17) is 0 Å². The Morgan fingerprint density at radius 1 is 1.04 bits per heavy atom. The fourth-order valence-corrected chi connectivity index (χ4v) is 3.29. The van der Waals surface area contributed by atoms with Crippen molar-refractivity contribution in [2.75, 3.05) is 0 Å². The Kier molecular flexibility index (Phi) is 4.32. The molecule has 0 saturated carbocycles. The highest BCUT2D eigenvalue weighted by atomic mass is 32.1. The molecule has 2 heterocycles. The number of rotatable bonds is 4. The lowest BCUT2D eigenvalue weighted by Gasteiger charge is -2.07. The van der Waals surface area contributed by atoms with Gasteiger partial charge in [0, 0.05) is 29.1 Å². The standard InChI is InChI=1S/C18H15N5O2S/c24-17(8-6-12-10-19-14-4-2-1-3-13(12)14)20-21-18(25)11-5-7-15-16(9-11)23-26-22-15/h1-5,7,9-10,19H,6,8H2,(H,20,24)(H,21,25). The molecule has 7 nitrogen and oxygen atoms in total. The Morgan fingerprint density at radius 3 is 2.81 bits per heavy atom. The molecule has 0 saturated heterocycles. The van der Waals surface area contributed by atoms with E-state index in [0.717, 1.165) is 33.7 Å². The van der Waals surface area contributed by atoms with Crippen molar-refractivity contribution >= 4 is 45.5 Å². The zero-order valence-corrected chi connectivity index (χ0v) is 14.5. The Bertz CT molecular complexity index is 1100. The topological polar surface area (TPSA) is 99.8 Å². The third-order valence-electron chi connectivity index (χ3n) is 4.13. The summed E-state index contributed by atoms with van der Waals surface area (Å²) >= 11 is 1.09. The third kappa shape index (κ3) is 3.27. The van der Waals surface area contributed by atoms with Crippen molar-refractivity contribution in [1.29, 1.82) is 0 Å². The van der Waals surface area contributed by atoms with Crippen LogP contribution >= 0.6 is 11.7 Å². The first-order valence-electron chi connectivity index (χ1n) is 8.07. The summed E-state index contributed by atoms with van der Waals surface area (Å²) in [6.07, 6.45) is 2.77. The average Bonchev–Trinajstić information content (AvgIpc) is 3.30. The van der Waals surface area contributed by atoms with Crippen molar-refractivity contribution in [3.05, 3.63) is 59.8 Å². The lowest BCUT2D eigenvalue weighted by molar-refractivity contribution is -0.121. The van der Waals surface area contributed by atoms with Crippen LogP contribution in [-0.2, 0) is 11.2 Å². The van der Waals surface area contributed by atoms with E-state index in [1.165, 1.54) is 0 Å². The molecule has 2 amide bonds. The van der Waals surface area contributed by atoms with Crippen LogP contribution < -0.4 is 10.9 Å². The lowest BCUT2D eigenvalue weighted by atomic mass is 10.1. The molecular weight excluding hydrogens is 350 g/mol. The first-order chi connectivity index (χ1) is 12.7. The van der Waals surface area contributed by atoms with Crippen molar-refractivity contribution in [2.24, 2.45) is 0 Å². The van der Waals surface area contributed by atoms with Gasteiger partial charge < -0.3 is 4.98 Å². The van der Waals surface area contributed by atoms with E-state index in [2.05, 4.69) is 24.6 Å². The minimum atomic E-state index is -0.389. The monoisotopic (exact) mass is 365 g/mol. The van der Waals surface area contributed by atoms with Crippen molar-refractivity contribution < 1.29 is 9.59 Å². The zero-order valence-electron chi connectivity index (χ0n) is 13.7. The Labute approximate surface area is 152 Å². The number of aromatic nitrogens is 3. The number of para-hydroxylation sites is 1. The summed E-state index contributed by atoms with van der Waals surface area (Å²) in [6.45, 7) is 0. The lowest BCUT2D eigenvalue weighted by Crippen LogP contribution is -2.41. The second-order valence-corrected chi connectivity index (χ2v) is 6.36. The van der Waals surface area contributed by atoms with E-state index in [-0.39, 0.29) is 18.2 Å². The van der Waals surface area contributed by atoms with E-state index in [1.54, 1.807) is 18.2 Å². The van der Waals surface area contributed by atoms with Crippen molar-refractivity contribution in [3.63, 3.8) is 0 Å². The minimum absolute atomic E-state index is 0.250. The maximum Gasteiger partial charge on any atom is 0.269 e. The molecule has 4 aromatic rings. The second kappa shape index (κ2) is 6.93. The van der Waals surface area contributed by atoms with Gasteiger partial charge in [-0.25, -0.2) is 0 Å². The summed E-state index contributed by atoms with van der Waals surface area (Å²) in [5, 5.41) is 1.11. The van der Waals surface area contributed by atoms with E-state index in [1.807, 2.05) is 30.5 Å². The number of carbonyl (C=O) groups is 2. The quantitative estimate of drug-likeness (QED) is 0.484. The van der Waals surface area contributed by atoms with Crippen LogP contribution in [-0.4, -0.2) is 25.5 Å². The van der Waals surface area contributed by atoms with Gasteiger partial charge in [0.1, 0.15) is 11.0 Å². The molecule has 0 aliphatic rings. The van der Waals surface area contributed by atoms with Crippen LogP contribution in [0.3, 0.4) is 0 Å². The molecule has 0 radical (unpaired) electrons. The third-order valence-corrected chi connectivity index (χ3v) is 4.68. The SMILES string of the molecule is O=C(CCc1c[nH]c2ccccc12)NNC(=O)c1ccc2nsnc2c1. The summed E-state index contributed by atoms with van der Waals surface area (Å²) < 4.78 is 8.19. The van der Waals surface area contributed by atoms with E-state index < -0.39 is 0 Å². The number of aryl methyl sites for hydroxylation is 1. The molecule has 0 atom stereocenters. The van der Waals surface area contributed by atoms with Crippen LogP contribution in [0.4, 0.5) is 0 Å².